The molecule has 0 aliphatic heterocycles. The second-order valence-electron chi connectivity index (χ2n) is 5.51. The lowest BCUT2D eigenvalue weighted by Crippen LogP contribution is -2.27. The van der Waals surface area contributed by atoms with Crippen LogP contribution in [0.3, 0.4) is 0 Å². The van der Waals surface area contributed by atoms with Gasteiger partial charge in [0.1, 0.15) is 0 Å². The highest BCUT2D eigenvalue weighted by Gasteiger charge is 2.15. The first kappa shape index (κ1) is 18.0. The van der Waals surface area contributed by atoms with Gasteiger partial charge in [0.2, 0.25) is 0 Å². The average molecular weight is 389 g/mol. The molecule has 0 fully saturated rings. The Morgan fingerprint density at radius 2 is 2.12 bits per heavy atom. The van der Waals surface area contributed by atoms with E-state index in [1.165, 1.54) is 0 Å². The molecule has 0 aliphatic carbocycles. The number of thiazole rings is 1. The number of carbonyl (C=O) groups is 1. The average Bonchev–Trinajstić information content (AvgIpc) is 3.13. The Bertz CT molecular complexity index is 852. The minimum atomic E-state index is -0.122. The molecule has 3 aromatic rings. The van der Waals surface area contributed by atoms with Gasteiger partial charge in [-0.05, 0) is 36.8 Å². The Morgan fingerprint density at radius 3 is 2.88 bits per heavy atom. The Hall–Kier alpha value is -1.82. The fourth-order valence-electron chi connectivity index (χ4n) is 2.37. The lowest BCUT2D eigenvalue weighted by Gasteiger charge is -2.16. The first-order chi connectivity index (χ1) is 12.1. The summed E-state index contributed by atoms with van der Waals surface area (Å²) in [7, 11) is 0. The van der Waals surface area contributed by atoms with Crippen LogP contribution in [0.2, 0.25) is 5.02 Å². The van der Waals surface area contributed by atoms with Crippen molar-refractivity contribution in [1.29, 1.82) is 0 Å². The third-order valence-corrected chi connectivity index (χ3v) is 5.66. The third-order valence-electron chi connectivity index (χ3n) is 3.69. The van der Waals surface area contributed by atoms with Gasteiger partial charge in [0.05, 0.1) is 22.8 Å². The predicted molar refractivity (Wildman–Crippen MR) is 105 cm³/mol. The van der Waals surface area contributed by atoms with E-state index in [1.54, 1.807) is 23.1 Å². The zero-order valence-corrected chi connectivity index (χ0v) is 16.0. The second kappa shape index (κ2) is 8.52. The van der Waals surface area contributed by atoms with E-state index in [2.05, 4.69) is 10.3 Å². The van der Waals surface area contributed by atoms with Crippen molar-refractivity contribution in [2.45, 2.75) is 23.6 Å². The summed E-state index contributed by atoms with van der Waals surface area (Å²) in [6, 6.07) is 15.1. The van der Waals surface area contributed by atoms with E-state index in [0.717, 1.165) is 21.9 Å². The van der Waals surface area contributed by atoms with Gasteiger partial charge in [-0.1, -0.05) is 35.9 Å². The van der Waals surface area contributed by atoms with Crippen molar-refractivity contribution < 1.29 is 4.79 Å². The van der Waals surface area contributed by atoms with Crippen LogP contribution in [0.15, 0.2) is 64.3 Å². The number of aromatic nitrogens is 1. The molecule has 0 radical (unpaired) electrons. The highest BCUT2D eigenvalue weighted by molar-refractivity contribution is 7.98. The molecule has 1 atom stereocenters. The van der Waals surface area contributed by atoms with E-state index in [0.29, 0.717) is 10.6 Å². The molecule has 25 heavy (non-hydrogen) atoms. The van der Waals surface area contributed by atoms with Gasteiger partial charge in [-0.15, -0.1) is 23.1 Å². The molecule has 2 aromatic carbocycles. The van der Waals surface area contributed by atoms with Crippen molar-refractivity contribution >= 4 is 40.6 Å². The van der Waals surface area contributed by atoms with Gasteiger partial charge in [-0.3, -0.25) is 4.79 Å². The molecule has 0 saturated carbocycles. The summed E-state index contributed by atoms with van der Waals surface area (Å²) in [5.41, 5.74) is 4.50. The van der Waals surface area contributed by atoms with Crippen molar-refractivity contribution in [2.24, 2.45) is 0 Å². The van der Waals surface area contributed by atoms with E-state index >= 15 is 0 Å². The fourth-order valence-corrected chi connectivity index (χ4v) is 4.19. The molecule has 1 aromatic heterocycles. The van der Waals surface area contributed by atoms with Gasteiger partial charge >= 0.3 is 0 Å². The Morgan fingerprint density at radius 1 is 1.28 bits per heavy atom. The summed E-state index contributed by atoms with van der Waals surface area (Å²) in [4.78, 5) is 18.0. The van der Waals surface area contributed by atoms with Gasteiger partial charge < -0.3 is 5.32 Å². The Kier molecular flexibility index (Phi) is 6.13. The zero-order chi connectivity index (χ0) is 17.6. The van der Waals surface area contributed by atoms with E-state index in [1.807, 2.05) is 66.3 Å². The monoisotopic (exact) mass is 388 g/mol. The summed E-state index contributed by atoms with van der Waals surface area (Å²) < 4.78 is 0. The quantitative estimate of drug-likeness (QED) is 0.560. The molecule has 0 aliphatic rings. The van der Waals surface area contributed by atoms with Crippen LogP contribution in [0.5, 0.6) is 0 Å². The number of thioether (sulfide) groups is 1. The number of hydrogen-bond acceptors (Lipinski definition) is 4. The lowest BCUT2D eigenvalue weighted by molar-refractivity contribution is 0.0937. The van der Waals surface area contributed by atoms with Crippen LogP contribution >= 0.6 is 34.7 Å². The van der Waals surface area contributed by atoms with Gasteiger partial charge in [0, 0.05) is 21.1 Å². The maximum atomic E-state index is 12.7. The van der Waals surface area contributed by atoms with E-state index in [4.69, 9.17) is 11.6 Å². The highest BCUT2D eigenvalue weighted by Crippen LogP contribution is 2.27. The molecule has 0 saturated heterocycles. The van der Waals surface area contributed by atoms with Crippen LogP contribution < -0.4 is 5.32 Å². The van der Waals surface area contributed by atoms with Crippen molar-refractivity contribution in [1.82, 2.24) is 10.3 Å². The number of benzene rings is 2. The van der Waals surface area contributed by atoms with E-state index in [-0.39, 0.29) is 11.9 Å². The fraction of sp³-hybridized carbons (Fsp3) is 0.158. The lowest BCUT2D eigenvalue weighted by atomic mass is 10.1. The van der Waals surface area contributed by atoms with Crippen molar-refractivity contribution in [3.05, 3.63) is 81.3 Å². The van der Waals surface area contributed by atoms with Crippen LogP contribution in [0, 0.1) is 0 Å². The predicted octanol–water partition coefficient (Wildman–Crippen LogP) is 5.58. The number of nitrogens with one attached hydrogen (secondary N) is 1. The zero-order valence-electron chi connectivity index (χ0n) is 13.6. The number of hydrogen-bond donors (Lipinski definition) is 1. The molecule has 0 unspecified atom stereocenters. The minimum Gasteiger partial charge on any atom is -0.345 e. The summed E-state index contributed by atoms with van der Waals surface area (Å²) in [6.07, 6.45) is 0. The maximum Gasteiger partial charge on any atom is 0.252 e. The Labute approximate surface area is 160 Å². The first-order valence-electron chi connectivity index (χ1n) is 7.78. The maximum absolute atomic E-state index is 12.7. The van der Waals surface area contributed by atoms with Gasteiger partial charge in [0.15, 0.2) is 0 Å². The molecule has 1 heterocycles. The molecule has 3 rings (SSSR count). The largest absolute Gasteiger partial charge is 0.345 e. The third kappa shape index (κ3) is 4.84. The SMILES string of the molecule is C[C@@H](NC(=O)c1ccccc1SCc1cscn1)c1cccc(Cl)c1. The summed E-state index contributed by atoms with van der Waals surface area (Å²) in [5, 5.41) is 5.74. The topological polar surface area (TPSA) is 42.0 Å². The van der Waals surface area contributed by atoms with Crippen molar-refractivity contribution in [3.63, 3.8) is 0 Å². The van der Waals surface area contributed by atoms with Crippen LogP contribution in [0.25, 0.3) is 0 Å². The van der Waals surface area contributed by atoms with Crippen molar-refractivity contribution in [3.8, 4) is 0 Å². The summed E-state index contributed by atoms with van der Waals surface area (Å²) in [6.45, 7) is 1.95. The molecule has 0 bridgehead atoms. The van der Waals surface area contributed by atoms with Crippen LogP contribution in [0.1, 0.15) is 34.6 Å². The molecule has 1 N–H and O–H groups in total. The standard InChI is InChI=1S/C19H17ClN2OS2/c1-13(14-5-4-6-15(20)9-14)22-19(23)17-7-2-3-8-18(17)25-11-16-10-24-12-21-16/h2-10,12-13H,11H2,1H3,(H,22,23)/t13-/m1/s1. The molecule has 6 heteroatoms. The van der Waals surface area contributed by atoms with E-state index in [9.17, 15) is 4.79 Å². The van der Waals surface area contributed by atoms with Gasteiger partial charge in [-0.25, -0.2) is 4.98 Å². The number of amides is 1. The normalized spacial score (nSPS) is 11.9. The molecule has 128 valence electrons. The number of halogens is 1. The molecular weight excluding hydrogens is 372 g/mol. The van der Waals surface area contributed by atoms with Crippen LogP contribution in [-0.2, 0) is 5.75 Å². The molecular formula is C19H17ClN2OS2. The minimum absolute atomic E-state index is 0.0890. The summed E-state index contributed by atoms with van der Waals surface area (Å²) >= 11 is 9.24. The molecule has 3 nitrogen and oxygen atoms in total. The molecule has 1 amide bonds. The molecule has 0 spiro atoms. The van der Waals surface area contributed by atoms with Crippen LogP contribution in [0.4, 0.5) is 0 Å². The highest BCUT2D eigenvalue weighted by atomic mass is 35.5. The summed E-state index contributed by atoms with van der Waals surface area (Å²) in [5.74, 6) is 0.659. The van der Waals surface area contributed by atoms with Crippen LogP contribution in [-0.4, -0.2) is 10.9 Å². The van der Waals surface area contributed by atoms with Gasteiger partial charge in [0.25, 0.3) is 5.91 Å². The number of carbonyl (C=O) groups excluding carboxylic acids is 1. The smallest absolute Gasteiger partial charge is 0.252 e. The number of nitrogens with zero attached hydrogens (tertiary/aromatic N) is 1. The van der Waals surface area contributed by atoms with Gasteiger partial charge in [-0.2, -0.15) is 0 Å². The van der Waals surface area contributed by atoms with E-state index < -0.39 is 0 Å². The Balaban J connectivity index is 1.71. The first-order valence-corrected chi connectivity index (χ1v) is 10.1. The second-order valence-corrected chi connectivity index (χ2v) is 7.69. The number of rotatable bonds is 6. The van der Waals surface area contributed by atoms with Crippen molar-refractivity contribution in [2.75, 3.05) is 0 Å².